The van der Waals surface area contributed by atoms with Crippen LogP contribution >= 0.6 is 22.9 Å². The molecule has 0 bridgehead atoms. The van der Waals surface area contributed by atoms with Gasteiger partial charge in [-0.05, 0) is 36.8 Å². The first-order valence-electron chi connectivity index (χ1n) is 7.94. The van der Waals surface area contributed by atoms with Crippen LogP contribution in [0.5, 0.6) is 0 Å². The van der Waals surface area contributed by atoms with Crippen molar-refractivity contribution in [3.8, 4) is 0 Å². The number of aromatic nitrogens is 2. The molecule has 2 aromatic heterocycles. The van der Waals surface area contributed by atoms with Crippen LogP contribution in [0.4, 0.5) is 18.3 Å². The second kappa shape index (κ2) is 7.76. The molecule has 146 valence electrons. The lowest BCUT2D eigenvalue weighted by atomic mass is 10.1. The number of nitrogens with zero attached hydrogens (tertiary/aromatic N) is 1. The van der Waals surface area contributed by atoms with Gasteiger partial charge in [-0.1, -0.05) is 11.6 Å². The topological polar surface area (TPSA) is 74.8 Å². The highest BCUT2D eigenvalue weighted by molar-refractivity contribution is 7.15. The van der Waals surface area contributed by atoms with E-state index in [4.69, 9.17) is 11.6 Å². The third kappa shape index (κ3) is 4.60. The van der Waals surface area contributed by atoms with E-state index in [9.17, 15) is 22.8 Å². The number of benzene rings is 1. The SMILES string of the molecule is CC(=O)c1c[nH]c(C(=O)Nc2ncc(Cc3cc(C(F)(F)F)ccc3Cl)s2)c1. The smallest absolute Gasteiger partial charge is 0.356 e. The number of carbonyl (C=O) groups excluding carboxylic acids is 2. The van der Waals surface area contributed by atoms with Crippen LogP contribution in [0.1, 0.15) is 43.8 Å². The van der Waals surface area contributed by atoms with Crippen LogP contribution in [0.2, 0.25) is 5.02 Å². The number of aromatic amines is 1. The van der Waals surface area contributed by atoms with E-state index in [1.165, 1.54) is 31.5 Å². The molecule has 0 saturated carbocycles. The van der Waals surface area contributed by atoms with Gasteiger partial charge in [0, 0.05) is 34.3 Å². The van der Waals surface area contributed by atoms with Crippen molar-refractivity contribution in [3.05, 3.63) is 68.9 Å². The van der Waals surface area contributed by atoms with Crippen LogP contribution in [0.15, 0.2) is 36.7 Å². The van der Waals surface area contributed by atoms with E-state index in [2.05, 4.69) is 15.3 Å². The van der Waals surface area contributed by atoms with Crippen molar-refractivity contribution in [2.45, 2.75) is 19.5 Å². The number of ketones is 1. The third-order valence-corrected chi connectivity index (χ3v) is 5.13. The number of hydrogen-bond donors (Lipinski definition) is 2. The van der Waals surface area contributed by atoms with Crippen LogP contribution in [0.3, 0.4) is 0 Å². The fourth-order valence-corrected chi connectivity index (χ4v) is 3.43. The number of carbonyl (C=O) groups is 2. The lowest BCUT2D eigenvalue weighted by Crippen LogP contribution is -2.11. The fourth-order valence-electron chi connectivity index (χ4n) is 2.41. The number of anilines is 1. The number of alkyl halides is 3. The molecule has 1 aromatic carbocycles. The van der Waals surface area contributed by atoms with Gasteiger partial charge < -0.3 is 4.98 Å². The molecule has 0 radical (unpaired) electrons. The minimum atomic E-state index is -4.46. The second-order valence-electron chi connectivity index (χ2n) is 5.92. The van der Waals surface area contributed by atoms with Gasteiger partial charge in [0.2, 0.25) is 0 Å². The van der Waals surface area contributed by atoms with Crippen molar-refractivity contribution in [3.63, 3.8) is 0 Å². The Kier molecular flexibility index (Phi) is 5.57. The van der Waals surface area contributed by atoms with Crippen LogP contribution in [-0.4, -0.2) is 21.7 Å². The van der Waals surface area contributed by atoms with Gasteiger partial charge in [-0.2, -0.15) is 13.2 Å². The van der Waals surface area contributed by atoms with Gasteiger partial charge in [-0.3, -0.25) is 14.9 Å². The maximum Gasteiger partial charge on any atom is 0.416 e. The average Bonchev–Trinajstić information content (AvgIpc) is 3.25. The molecule has 10 heteroatoms. The Bertz CT molecular complexity index is 1040. The van der Waals surface area contributed by atoms with Gasteiger partial charge in [-0.15, -0.1) is 11.3 Å². The van der Waals surface area contributed by atoms with Crippen molar-refractivity contribution in [2.75, 3.05) is 5.32 Å². The zero-order chi connectivity index (χ0) is 20.5. The summed E-state index contributed by atoms with van der Waals surface area (Å²) in [5, 5.41) is 3.08. The quantitative estimate of drug-likeness (QED) is 0.550. The highest BCUT2D eigenvalue weighted by Crippen LogP contribution is 2.33. The normalized spacial score (nSPS) is 11.5. The van der Waals surface area contributed by atoms with Crippen LogP contribution in [0.25, 0.3) is 0 Å². The molecule has 0 saturated heterocycles. The van der Waals surface area contributed by atoms with E-state index in [0.717, 1.165) is 23.5 Å². The predicted octanol–water partition coefficient (Wildman–Crippen LogP) is 5.19. The summed E-state index contributed by atoms with van der Waals surface area (Å²) in [5.41, 5.74) is 0.110. The number of thiazole rings is 1. The highest BCUT2D eigenvalue weighted by atomic mass is 35.5. The summed E-state index contributed by atoms with van der Waals surface area (Å²) in [6.07, 6.45) is -1.42. The maximum absolute atomic E-state index is 12.9. The number of nitrogens with one attached hydrogen (secondary N) is 2. The van der Waals surface area contributed by atoms with Crippen molar-refractivity contribution in [2.24, 2.45) is 0 Å². The minimum absolute atomic E-state index is 0.146. The molecule has 0 fully saturated rings. The van der Waals surface area contributed by atoms with Crippen molar-refractivity contribution in [1.82, 2.24) is 9.97 Å². The first-order chi connectivity index (χ1) is 13.1. The molecular weight excluding hydrogens is 415 g/mol. The lowest BCUT2D eigenvalue weighted by Gasteiger charge is -2.09. The zero-order valence-electron chi connectivity index (χ0n) is 14.4. The number of H-pyrrole nitrogens is 1. The molecule has 0 aliphatic heterocycles. The van der Waals surface area contributed by atoms with Crippen LogP contribution < -0.4 is 5.32 Å². The zero-order valence-corrected chi connectivity index (χ0v) is 15.9. The van der Waals surface area contributed by atoms with E-state index in [-0.39, 0.29) is 28.1 Å². The van der Waals surface area contributed by atoms with Crippen molar-refractivity contribution >= 4 is 39.8 Å². The molecule has 0 unspecified atom stereocenters. The Hall–Kier alpha value is -2.65. The molecule has 5 nitrogen and oxygen atoms in total. The minimum Gasteiger partial charge on any atom is -0.356 e. The number of amides is 1. The van der Waals surface area contributed by atoms with E-state index < -0.39 is 17.6 Å². The van der Waals surface area contributed by atoms with Gasteiger partial charge >= 0.3 is 6.18 Å². The monoisotopic (exact) mass is 427 g/mol. The number of halogens is 4. The predicted molar refractivity (Wildman–Crippen MR) is 100 cm³/mol. The average molecular weight is 428 g/mol. The Morgan fingerprint density at radius 1 is 1.29 bits per heavy atom. The molecular formula is C18H13ClF3N3O2S. The number of Topliss-reactive ketones (excluding diaryl/α,β-unsaturated/α-hetero) is 1. The summed E-state index contributed by atoms with van der Waals surface area (Å²) < 4.78 is 38.6. The molecule has 28 heavy (non-hydrogen) atoms. The molecule has 2 heterocycles. The molecule has 3 rings (SSSR count). The van der Waals surface area contributed by atoms with Gasteiger partial charge in [-0.25, -0.2) is 4.98 Å². The molecule has 0 atom stereocenters. The summed E-state index contributed by atoms with van der Waals surface area (Å²) >= 11 is 7.13. The largest absolute Gasteiger partial charge is 0.416 e. The fraction of sp³-hybridized carbons (Fsp3) is 0.167. The van der Waals surface area contributed by atoms with Gasteiger partial charge in [0.25, 0.3) is 5.91 Å². The molecule has 1 amide bonds. The molecule has 0 aliphatic rings. The van der Waals surface area contributed by atoms with E-state index in [0.29, 0.717) is 16.0 Å². The molecule has 3 aromatic rings. The maximum atomic E-state index is 12.9. The highest BCUT2D eigenvalue weighted by Gasteiger charge is 2.31. The Morgan fingerprint density at radius 2 is 2.04 bits per heavy atom. The van der Waals surface area contributed by atoms with Crippen molar-refractivity contribution < 1.29 is 22.8 Å². The number of rotatable bonds is 5. The Morgan fingerprint density at radius 3 is 2.68 bits per heavy atom. The van der Waals surface area contributed by atoms with E-state index in [1.807, 2.05) is 0 Å². The van der Waals surface area contributed by atoms with Gasteiger partial charge in [0.05, 0.1) is 5.56 Å². The van der Waals surface area contributed by atoms with E-state index in [1.54, 1.807) is 0 Å². The first-order valence-corrected chi connectivity index (χ1v) is 9.14. The standard InChI is InChI=1S/C18H13ClF3N3O2S/c1-9(26)11-6-15(23-7-11)16(27)25-17-24-8-13(28-17)5-10-4-12(18(20,21)22)2-3-14(10)19/h2-4,6-8,23H,5H2,1H3,(H,24,25,27). The first kappa shape index (κ1) is 20.1. The Labute approximate surface area is 166 Å². The van der Waals surface area contributed by atoms with Crippen LogP contribution in [-0.2, 0) is 12.6 Å². The third-order valence-electron chi connectivity index (χ3n) is 3.85. The van der Waals surface area contributed by atoms with Crippen molar-refractivity contribution in [1.29, 1.82) is 0 Å². The summed E-state index contributed by atoms with van der Waals surface area (Å²) in [6, 6.07) is 4.56. The van der Waals surface area contributed by atoms with Crippen LogP contribution in [0, 0.1) is 0 Å². The molecule has 0 spiro atoms. The van der Waals surface area contributed by atoms with E-state index >= 15 is 0 Å². The number of hydrogen-bond acceptors (Lipinski definition) is 4. The second-order valence-corrected chi connectivity index (χ2v) is 7.45. The molecule has 0 aliphatic carbocycles. The summed E-state index contributed by atoms with van der Waals surface area (Å²) in [4.78, 5) is 30.9. The Balaban J connectivity index is 1.72. The van der Waals surface area contributed by atoms with Gasteiger partial charge in [0.1, 0.15) is 5.69 Å². The molecule has 2 N–H and O–H groups in total. The summed E-state index contributed by atoms with van der Waals surface area (Å²) in [7, 11) is 0. The summed E-state index contributed by atoms with van der Waals surface area (Å²) in [5.74, 6) is -0.657. The summed E-state index contributed by atoms with van der Waals surface area (Å²) in [6.45, 7) is 1.39. The lowest BCUT2D eigenvalue weighted by molar-refractivity contribution is -0.137. The van der Waals surface area contributed by atoms with Gasteiger partial charge in [0.15, 0.2) is 10.9 Å².